The average molecular weight is 185 g/mol. The van der Waals surface area contributed by atoms with Gasteiger partial charge >= 0.3 is 0 Å². The van der Waals surface area contributed by atoms with Crippen molar-refractivity contribution in [3.8, 4) is 5.75 Å². The number of rotatable bonds is 2. The third-order valence-electron chi connectivity index (χ3n) is 1.70. The molecule has 0 aliphatic rings. The van der Waals surface area contributed by atoms with Crippen LogP contribution in [-0.2, 0) is 0 Å². The van der Waals surface area contributed by atoms with Crippen LogP contribution in [-0.4, -0.2) is 20.6 Å². The highest BCUT2D eigenvalue weighted by molar-refractivity contribution is 5.56. The van der Waals surface area contributed by atoms with Gasteiger partial charge in [0.25, 0.3) is 0 Å². The van der Waals surface area contributed by atoms with Crippen LogP contribution in [0.15, 0.2) is 18.2 Å². The molecule has 0 aliphatic carbocycles. The monoisotopic (exact) mass is 185 g/mol. The molecule has 0 amide bonds. The molecular weight excluding hydrogens is 174 g/mol. The van der Waals surface area contributed by atoms with Crippen molar-refractivity contribution in [3.63, 3.8) is 0 Å². The van der Waals surface area contributed by atoms with Crippen LogP contribution in [0.2, 0.25) is 0 Å². The number of anilines is 1. The number of aliphatic hydroxyl groups excluding tert-OH is 1. The Kier molecular flexibility index (Phi) is 2.72. The summed E-state index contributed by atoms with van der Waals surface area (Å²) in [6, 6.07) is 4.05. The molecule has 0 aliphatic heterocycles. The van der Waals surface area contributed by atoms with Gasteiger partial charge in [0.2, 0.25) is 0 Å². The fourth-order valence-corrected chi connectivity index (χ4v) is 0.961. The minimum atomic E-state index is -0.723. The molecular formula is C8H11NO4. The van der Waals surface area contributed by atoms with Gasteiger partial charge in [-0.3, -0.25) is 10.4 Å². The lowest BCUT2D eigenvalue weighted by atomic mass is 10.1. The van der Waals surface area contributed by atoms with Crippen LogP contribution < -0.4 is 5.23 Å². The molecule has 0 spiro atoms. The highest BCUT2D eigenvalue weighted by Crippen LogP contribution is 2.28. The summed E-state index contributed by atoms with van der Waals surface area (Å²) in [6.45, 7) is 1.54. The second kappa shape index (κ2) is 3.61. The molecule has 1 aromatic rings. The van der Waals surface area contributed by atoms with Crippen molar-refractivity contribution < 1.29 is 20.6 Å². The molecule has 5 heteroatoms. The fourth-order valence-electron chi connectivity index (χ4n) is 0.961. The zero-order valence-electron chi connectivity index (χ0n) is 7.05. The maximum absolute atomic E-state index is 9.16. The molecule has 1 unspecified atom stereocenters. The molecule has 5 nitrogen and oxygen atoms in total. The molecule has 1 rings (SSSR count). The number of aromatic hydroxyl groups is 1. The molecule has 1 aromatic carbocycles. The third kappa shape index (κ3) is 2.09. The van der Waals surface area contributed by atoms with Crippen LogP contribution in [0, 0.1) is 0 Å². The van der Waals surface area contributed by atoms with E-state index in [4.69, 9.17) is 20.6 Å². The third-order valence-corrected chi connectivity index (χ3v) is 1.70. The molecule has 4 N–H and O–H groups in total. The summed E-state index contributed by atoms with van der Waals surface area (Å²) in [7, 11) is 0. The number of aliphatic hydroxyl groups is 1. The van der Waals surface area contributed by atoms with Crippen molar-refractivity contribution in [2.45, 2.75) is 13.0 Å². The Morgan fingerprint density at radius 2 is 1.92 bits per heavy atom. The molecule has 1 atom stereocenters. The van der Waals surface area contributed by atoms with Crippen LogP contribution in [0.1, 0.15) is 18.6 Å². The van der Waals surface area contributed by atoms with E-state index in [0.717, 1.165) is 0 Å². The topological polar surface area (TPSA) is 84.2 Å². The lowest BCUT2D eigenvalue weighted by Gasteiger charge is -2.12. The summed E-state index contributed by atoms with van der Waals surface area (Å²) >= 11 is 0. The van der Waals surface area contributed by atoms with Gasteiger partial charge < -0.3 is 10.2 Å². The fraction of sp³-hybridized carbons (Fsp3) is 0.250. The number of phenols is 1. The molecule has 0 radical (unpaired) electrons. The zero-order valence-corrected chi connectivity index (χ0v) is 7.05. The van der Waals surface area contributed by atoms with E-state index in [-0.39, 0.29) is 16.7 Å². The molecule has 0 saturated carbocycles. The molecule has 0 fully saturated rings. The molecule has 0 heterocycles. The Balaban J connectivity index is 3.11. The number of hydrogen-bond donors (Lipinski definition) is 4. The van der Waals surface area contributed by atoms with E-state index < -0.39 is 6.10 Å². The lowest BCUT2D eigenvalue weighted by molar-refractivity contribution is 0.0278. The minimum absolute atomic E-state index is 0.168. The van der Waals surface area contributed by atoms with Gasteiger partial charge in [0.1, 0.15) is 11.4 Å². The summed E-state index contributed by atoms with van der Waals surface area (Å²) < 4.78 is 0. The van der Waals surface area contributed by atoms with E-state index in [1.54, 1.807) is 0 Å². The van der Waals surface area contributed by atoms with Crippen molar-refractivity contribution in [3.05, 3.63) is 23.8 Å². The number of phenolic OH excluding ortho intramolecular Hbond substituents is 1. The molecule has 0 bridgehead atoms. The predicted octanol–water partition coefficient (Wildman–Crippen LogP) is 1.03. The molecule has 0 saturated heterocycles. The average Bonchev–Trinajstić information content (AvgIpc) is 2.04. The second-order valence-corrected chi connectivity index (χ2v) is 2.71. The van der Waals surface area contributed by atoms with Crippen LogP contribution >= 0.6 is 0 Å². The quantitative estimate of drug-likeness (QED) is 0.517. The van der Waals surface area contributed by atoms with Crippen molar-refractivity contribution in [1.29, 1.82) is 0 Å². The van der Waals surface area contributed by atoms with Gasteiger partial charge in [-0.2, -0.15) is 0 Å². The Bertz CT molecular complexity index is 298. The van der Waals surface area contributed by atoms with Gasteiger partial charge in [-0.15, -0.1) is 5.23 Å². The maximum Gasteiger partial charge on any atom is 0.143 e. The second-order valence-electron chi connectivity index (χ2n) is 2.71. The SMILES string of the molecule is CC(O)c1ccc(O)c(N(O)O)c1. The van der Waals surface area contributed by atoms with Gasteiger partial charge in [0, 0.05) is 0 Å². The first-order chi connectivity index (χ1) is 6.02. The van der Waals surface area contributed by atoms with Gasteiger partial charge in [0.15, 0.2) is 0 Å². The first-order valence-electron chi connectivity index (χ1n) is 3.71. The summed E-state index contributed by atoms with van der Waals surface area (Å²) in [6.07, 6.45) is -0.723. The van der Waals surface area contributed by atoms with Gasteiger partial charge in [-0.25, -0.2) is 0 Å². The normalized spacial score (nSPS) is 12.6. The number of nitrogens with zero attached hydrogens (tertiary/aromatic N) is 1. The highest BCUT2D eigenvalue weighted by atomic mass is 16.8. The predicted molar refractivity (Wildman–Crippen MR) is 44.8 cm³/mol. The standard InChI is InChI=1S/C8H11NO4/c1-5(10)6-2-3-8(11)7(4-6)9(12)13/h2-5,10-13H,1H3. The molecule has 13 heavy (non-hydrogen) atoms. The van der Waals surface area contributed by atoms with Crippen molar-refractivity contribution in [2.75, 3.05) is 5.23 Å². The van der Waals surface area contributed by atoms with E-state index in [1.807, 2.05) is 0 Å². The van der Waals surface area contributed by atoms with Crippen LogP contribution in [0.4, 0.5) is 5.69 Å². The summed E-state index contributed by atoms with van der Waals surface area (Å²) in [5.41, 5.74) is 0.319. The highest BCUT2D eigenvalue weighted by Gasteiger charge is 2.09. The Morgan fingerprint density at radius 1 is 1.31 bits per heavy atom. The smallest absolute Gasteiger partial charge is 0.143 e. The van der Waals surface area contributed by atoms with Crippen molar-refractivity contribution in [2.24, 2.45) is 0 Å². The van der Waals surface area contributed by atoms with Crippen LogP contribution in [0.5, 0.6) is 5.75 Å². The Morgan fingerprint density at radius 3 is 2.38 bits per heavy atom. The largest absolute Gasteiger partial charge is 0.506 e. The minimum Gasteiger partial charge on any atom is -0.506 e. The zero-order chi connectivity index (χ0) is 10.0. The van der Waals surface area contributed by atoms with E-state index in [0.29, 0.717) is 5.56 Å². The van der Waals surface area contributed by atoms with Gasteiger partial charge in [-0.05, 0) is 24.6 Å². The van der Waals surface area contributed by atoms with Crippen LogP contribution in [0.3, 0.4) is 0 Å². The molecule has 72 valence electrons. The van der Waals surface area contributed by atoms with Crippen LogP contribution in [0.25, 0.3) is 0 Å². The maximum atomic E-state index is 9.16. The van der Waals surface area contributed by atoms with E-state index >= 15 is 0 Å². The first kappa shape index (κ1) is 9.79. The van der Waals surface area contributed by atoms with E-state index in [9.17, 15) is 0 Å². The summed E-state index contributed by atoms with van der Waals surface area (Å²) in [4.78, 5) is 0. The Labute approximate surface area is 75.0 Å². The summed E-state index contributed by atoms with van der Waals surface area (Å²) in [5, 5.41) is 35.4. The van der Waals surface area contributed by atoms with Gasteiger partial charge in [0.05, 0.1) is 6.10 Å². The number of hydrogen-bond acceptors (Lipinski definition) is 5. The van der Waals surface area contributed by atoms with Crippen molar-refractivity contribution in [1.82, 2.24) is 0 Å². The van der Waals surface area contributed by atoms with E-state index in [2.05, 4.69) is 0 Å². The van der Waals surface area contributed by atoms with E-state index in [1.165, 1.54) is 25.1 Å². The molecule has 0 aromatic heterocycles. The Hall–Kier alpha value is -1.30. The summed E-state index contributed by atoms with van der Waals surface area (Å²) in [5.74, 6) is -0.269. The lowest BCUT2D eigenvalue weighted by Crippen LogP contribution is -2.11. The number of benzene rings is 1. The first-order valence-corrected chi connectivity index (χ1v) is 3.71. The van der Waals surface area contributed by atoms with Gasteiger partial charge in [-0.1, -0.05) is 6.07 Å². The van der Waals surface area contributed by atoms with Crippen molar-refractivity contribution >= 4 is 5.69 Å².